The maximum Gasteiger partial charge on any atom is 0.434 e. The summed E-state index contributed by atoms with van der Waals surface area (Å²) >= 11 is 0. The number of alkyl halides is 18. The SMILES string of the molecule is C=C(CC(=O)OC(C(F)(F)F)C(F)(F)F)C(=O)OC(C(F)(F)F)C(F)(F)F.C=C(CC(=O)OCC(F)(F)F)C(=O)OCC(F)(F)F. The van der Waals surface area contributed by atoms with Gasteiger partial charge in [-0.15, -0.1) is 0 Å². The minimum absolute atomic E-state index is 0.739. The lowest BCUT2D eigenvalue weighted by molar-refractivity contribution is -0.314. The van der Waals surface area contributed by atoms with Gasteiger partial charge in [0.05, 0.1) is 12.8 Å². The first-order valence-corrected chi connectivity index (χ1v) is 10.6. The highest BCUT2D eigenvalue weighted by Crippen LogP contribution is 2.37. The van der Waals surface area contributed by atoms with Crippen molar-refractivity contribution in [3.8, 4) is 0 Å². The number of esters is 4. The zero-order chi connectivity index (χ0) is 37.3. The second-order valence-corrected chi connectivity index (χ2v) is 7.85. The van der Waals surface area contributed by atoms with Crippen LogP contribution in [0, 0.1) is 0 Å². The van der Waals surface area contributed by atoms with Crippen LogP contribution in [-0.2, 0) is 38.1 Å². The molecule has 0 unspecified atom stereocenters. The molecule has 26 heteroatoms. The zero-order valence-corrected chi connectivity index (χ0v) is 21.5. The van der Waals surface area contributed by atoms with Crippen LogP contribution in [0.2, 0.25) is 0 Å². The van der Waals surface area contributed by atoms with Gasteiger partial charge in [-0.25, -0.2) is 9.59 Å². The molecule has 46 heavy (non-hydrogen) atoms. The van der Waals surface area contributed by atoms with E-state index in [-0.39, 0.29) is 0 Å². The van der Waals surface area contributed by atoms with Gasteiger partial charge in [-0.05, 0) is 0 Å². The molecule has 0 rings (SSSR count). The number of carbonyl (C=O) groups excluding carboxylic acids is 4. The summed E-state index contributed by atoms with van der Waals surface area (Å²) in [7, 11) is 0. The van der Waals surface area contributed by atoms with Crippen molar-refractivity contribution >= 4 is 23.9 Å². The normalized spacial score (nSPS) is 13.0. The van der Waals surface area contributed by atoms with Gasteiger partial charge in [0, 0.05) is 11.1 Å². The molecule has 0 saturated heterocycles. The van der Waals surface area contributed by atoms with E-state index in [0.717, 1.165) is 0 Å². The maximum atomic E-state index is 12.2. The average molecular weight is 724 g/mol. The Labute approximate surface area is 241 Å². The quantitative estimate of drug-likeness (QED) is 0.115. The van der Waals surface area contributed by atoms with Crippen molar-refractivity contribution in [1.29, 1.82) is 0 Å². The molecule has 0 aromatic heterocycles. The third-order valence-electron chi connectivity index (χ3n) is 3.72. The first-order valence-electron chi connectivity index (χ1n) is 10.6. The van der Waals surface area contributed by atoms with E-state index in [9.17, 15) is 98.2 Å². The van der Waals surface area contributed by atoms with Gasteiger partial charge >= 0.3 is 60.9 Å². The van der Waals surface area contributed by atoms with Gasteiger partial charge in [-0.1, -0.05) is 13.2 Å². The van der Waals surface area contributed by atoms with Crippen molar-refractivity contribution in [2.24, 2.45) is 0 Å². The molecule has 0 radical (unpaired) electrons. The highest BCUT2D eigenvalue weighted by molar-refractivity contribution is 5.94. The minimum Gasteiger partial charge on any atom is -0.456 e. The van der Waals surface area contributed by atoms with Crippen LogP contribution in [0.3, 0.4) is 0 Å². The summed E-state index contributed by atoms with van der Waals surface area (Å²) < 4.78 is 229. The molecule has 0 aliphatic carbocycles. The molecule has 0 N–H and O–H groups in total. The van der Waals surface area contributed by atoms with Gasteiger partial charge < -0.3 is 18.9 Å². The number of ether oxygens (including phenoxy) is 4. The van der Waals surface area contributed by atoms with E-state index in [0.29, 0.717) is 0 Å². The van der Waals surface area contributed by atoms with Gasteiger partial charge in [0.2, 0.25) is 0 Å². The van der Waals surface area contributed by atoms with E-state index >= 15 is 0 Å². The van der Waals surface area contributed by atoms with Crippen molar-refractivity contribution in [2.45, 2.75) is 62.1 Å². The summed E-state index contributed by atoms with van der Waals surface area (Å²) in [6.45, 7) is 1.64. The molecule has 0 atom stereocenters. The van der Waals surface area contributed by atoms with Crippen LogP contribution in [0.5, 0.6) is 0 Å². The Balaban J connectivity index is 0. The molecule has 0 fully saturated rings. The van der Waals surface area contributed by atoms with E-state index in [2.05, 4.69) is 32.1 Å². The molecular weight excluding hydrogens is 710 g/mol. The van der Waals surface area contributed by atoms with Crippen molar-refractivity contribution in [3.63, 3.8) is 0 Å². The number of rotatable bonds is 10. The molecule has 0 aliphatic rings. The predicted molar refractivity (Wildman–Crippen MR) is 106 cm³/mol. The summed E-state index contributed by atoms with van der Waals surface area (Å²) in [5, 5.41) is 0. The highest BCUT2D eigenvalue weighted by atomic mass is 19.4. The van der Waals surface area contributed by atoms with Crippen LogP contribution in [0.4, 0.5) is 79.0 Å². The van der Waals surface area contributed by atoms with Crippen LogP contribution in [0.1, 0.15) is 12.8 Å². The Bertz CT molecular complexity index is 1060. The van der Waals surface area contributed by atoms with E-state index in [1.807, 2.05) is 0 Å². The lowest BCUT2D eigenvalue weighted by Crippen LogP contribution is -2.46. The van der Waals surface area contributed by atoms with Gasteiger partial charge in [0.25, 0.3) is 12.2 Å². The second kappa shape index (κ2) is 16.1. The number of halogens is 18. The monoisotopic (exact) mass is 724 g/mol. The number of carbonyl (C=O) groups is 4. The fourth-order valence-corrected chi connectivity index (χ4v) is 1.96. The molecule has 0 amide bonds. The van der Waals surface area contributed by atoms with E-state index in [4.69, 9.17) is 0 Å². The first-order chi connectivity index (χ1) is 20.1. The number of hydrogen-bond donors (Lipinski definition) is 0. The number of hydrogen-bond acceptors (Lipinski definition) is 8. The molecule has 0 aromatic rings. The van der Waals surface area contributed by atoms with Crippen molar-refractivity contribution in [3.05, 3.63) is 24.3 Å². The van der Waals surface area contributed by atoms with Crippen LogP contribution in [-0.4, -0.2) is 86.4 Å². The summed E-state index contributed by atoms with van der Waals surface area (Å²) in [4.78, 5) is 43.8. The van der Waals surface area contributed by atoms with E-state index in [1.165, 1.54) is 0 Å². The van der Waals surface area contributed by atoms with E-state index < -0.39 is 110 Å². The van der Waals surface area contributed by atoms with Crippen LogP contribution >= 0.6 is 0 Å². The van der Waals surface area contributed by atoms with Crippen molar-refractivity contribution in [1.82, 2.24) is 0 Å². The molecule has 8 nitrogen and oxygen atoms in total. The van der Waals surface area contributed by atoms with Crippen LogP contribution in [0.15, 0.2) is 24.3 Å². The maximum absolute atomic E-state index is 12.2. The van der Waals surface area contributed by atoms with Crippen LogP contribution in [0.25, 0.3) is 0 Å². The summed E-state index contributed by atoms with van der Waals surface area (Å²) in [5.74, 6) is -7.98. The Morgan fingerprint density at radius 3 is 1.11 bits per heavy atom. The Morgan fingerprint density at radius 2 is 0.761 bits per heavy atom. The molecule has 0 bridgehead atoms. The van der Waals surface area contributed by atoms with Crippen LogP contribution < -0.4 is 0 Å². The fourth-order valence-electron chi connectivity index (χ4n) is 1.96. The second-order valence-electron chi connectivity index (χ2n) is 7.85. The lowest BCUT2D eigenvalue weighted by Gasteiger charge is -2.24. The molecule has 268 valence electrons. The Hall–Kier alpha value is -3.90. The fraction of sp³-hybridized carbons (Fsp3) is 0.600. The molecule has 0 saturated carbocycles. The molecular formula is C20H14F18O8. The van der Waals surface area contributed by atoms with Gasteiger partial charge in [0.15, 0.2) is 13.2 Å². The van der Waals surface area contributed by atoms with Crippen molar-refractivity contribution in [2.75, 3.05) is 13.2 Å². The summed E-state index contributed by atoms with van der Waals surface area (Å²) in [6.07, 6.45) is -46.3. The largest absolute Gasteiger partial charge is 0.456 e. The summed E-state index contributed by atoms with van der Waals surface area (Å²) in [5.41, 5.74) is -2.35. The Kier molecular flexibility index (Phi) is 15.5. The molecule has 0 heterocycles. The third-order valence-corrected chi connectivity index (χ3v) is 3.72. The predicted octanol–water partition coefficient (Wildman–Crippen LogP) is 6.15. The molecule has 0 spiro atoms. The van der Waals surface area contributed by atoms with E-state index in [1.54, 1.807) is 0 Å². The highest BCUT2D eigenvalue weighted by Gasteiger charge is 2.61. The standard InChI is InChI=1S/C11H6F12O4.C9H8F6O4/c1-3(5(25)27-7(10(18,19)20)11(21,22)23)2-4(24)26-6(8(12,13)14)9(15,16)17;1-5(7(17)19-4-9(13,14)15)2-6(16)18-3-8(10,11)12/h6-7H,1-2H2;1-4H2. The molecule has 0 aliphatic heterocycles. The van der Waals surface area contributed by atoms with Crippen molar-refractivity contribution < 1.29 is 117 Å². The molecule has 0 aromatic carbocycles. The lowest BCUT2D eigenvalue weighted by atomic mass is 10.2. The van der Waals surface area contributed by atoms with Gasteiger partial charge in [-0.3, -0.25) is 9.59 Å². The smallest absolute Gasteiger partial charge is 0.434 e. The third kappa shape index (κ3) is 19.5. The zero-order valence-electron chi connectivity index (χ0n) is 21.5. The topological polar surface area (TPSA) is 105 Å². The average Bonchev–Trinajstić information content (AvgIpc) is 2.79. The first kappa shape index (κ1) is 44.2. The Morgan fingerprint density at radius 1 is 0.457 bits per heavy atom. The minimum atomic E-state index is -6.15. The summed E-state index contributed by atoms with van der Waals surface area (Å²) in [6, 6.07) is 0. The van der Waals surface area contributed by atoms with Gasteiger partial charge in [0.1, 0.15) is 0 Å². The van der Waals surface area contributed by atoms with Gasteiger partial charge in [-0.2, -0.15) is 79.0 Å².